The third-order valence-electron chi connectivity index (χ3n) is 3.86. The van der Waals surface area contributed by atoms with Gasteiger partial charge in [0, 0.05) is 6.04 Å². The van der Waals surface area contributed by atoms with Gasteiger partial charge in [-0.2, -0.15) is 0 Å². The molecule has 0 aliphatic carbocycles. The number of amides is 1. The minimum absolute atomic E-state index is 0.0797. The summed E-state index contributed by atoms with van der Waals surface area (Å²) in [5.74, 6) is -2.27. The van der Waals surface area contributed by atoms with Crippen molar-refractivity contribution in [2.75, 3.05) is 0 Å². The fourth-order valence-electron chi connectivity index (χ4n) is 2.77. The molecule has 2 heterocycles. The van der Waals surface area contributed by atoms with E-state index in [1.54, 1.807) is 0 Å². The molecule has 2 rings (SSSR count). The van der Waals surface area contributed by atoms with Gasteiger partial charge in [0.05, 0.1) is 24.0 Å². The first kappa shape index (κ1) is 12.4. The molecule has 2 bridgehead atoms. The zero-order chi connectivity index (χ0) is 12.6. The summed E-state index contributed by atoms with van der Waals surface area (Å²) in [5.41, 5.74) is 0. The molecule has 0 aromatic rings. The number of carboxylic acid groups (broad SMARTS) is 1. The molecule has 2 aliphatic heterocycles. The molecule has 0 radical (unpaired) electrons. The normalized spacial score (nSPS) is 36.8. The molecule has 5 heteroatoms. The molecule has 1 amide bonds. The van der Waals surface area contributed by atoms with Crippen LogP contribution in [0.4, 0.5) is 0 Å². The quantitative estimate of drug-likeness (QED) is 0.762. The van der Waals surface area contributed by atoms with Gasteiger partial charge in [0.25, 0.3) is 0 Å². The lowest BCUT2D eigenvalue weighted by Gasteiger charge is -2.25. The molecular weight excluding hydrogens is 222 g/mol. The van der Waals surface area contributed by atoms with E-state index in [9.17, 15) is 14.7 Å². The molecule has 0 aromatic carbocycles. The van der Waals surface area contributed by atoms with E-state index in [-0.39, 0.29) is 24.2 Å². The van der Waals surface area contributed by atoms with Gasteiger partial charge in [-0.3, -0.25) is 9.59 Å². The summed E-state index contributed by atoms with van der Waals surface area (Å²) in [4.78, 5) is 23.3. The van der Waals surface area contributed by atoms with Gasteiger partial charge in [-0.05, 0) is 26.2 Å². The van der Waals surface area contributed by atoms with Crippen molar-refractivity contribution in [1.82, 2.24) is 5.32 Å². The molecule has 0 unspecified atom stereocenters. The monoisotopic (exact) mass is 241 g/mol. The van der Waals surface area contributed by atoms with Crippen LogP contribution in [0.5, 0.6) is 0 Å². The maximum atomic E-state index is 12.1. The Bertz CT molecular complexity index is 330. The number of carbonyl (C=O) groups is 2. The Morgan fingerprint density at radius 2 is 1.94 bits per heavy atom. The van der Waals surface area contributed by atoms with Crippen molar-refractivity contribution in [3.05, 3.63) is 0 Å². The van der Waals surface area contributed by atoms with E-state index in [2.05, 4.69) is 5.32 Å². The van der Waals surface area contributed by atoms with E-state index in [0.29, 0.717) is 0 Å². The Morgan fingerprint density at radius 1 is 1.35 bits per heavy atom. The fourth-order valence-corrected chi connectivity index (χ4v) is 2.77. The van der Waals surface area contributed by atoms with Gasteiger partial charge in [0.2, 0.25) is 5.91 Å². The third-order valence-corrected chi connectivity index (χ3v) is 3.86. The van der Waals surface area contributed by atoms with Crippen molar-refractivity contribution < 1.29 is 19.4 Å². The van der Waals surface area contributed by atoms with Gasteiger partial charge >= 0.3 is 5.97 Å². The van der Waals surface area contributed by atoms with Crippen LogP contribution in [0.3, 0.4) is 0 Å². The Kier molecular flexibility index (Phi) is 3.38. The zero-order valence-corrected chi connectivity index (χ0v) is 10.2. The standard InChI is InChI=1S/C12H19NO4/c1-3-6(2)13-11(14)9-7-4-5-8(17-7)10(9)12(15)16/h6-10H,3-5H2,1-2H3,(H,13,14)(H,15,16)/t6-,7-,8-,9-,10-/m0/s1. The Hall–Kier alpha value is -1.10. The van der Waals surface area contributed by atoms with E-state index >= 15 is 0 Å². The summed E-state index contributed by atoms with van der Waals surface area (Å²) < 4.78 is 5.55. The molecule has 5 atom stereocenters. The Morgan fingerprint density at radius 3 is 2.47 bits per heavy atom. The molecule has 0 aromatic heterocycles. The van der Waals surface area contributed by atoms with Crippen LogP contribution < -0.4 is 5.32 Å². The highest BCUT2D eigenvalue weighted by molar-refractivity contribution is 5.86. The van der Waals surface area contributed by atoms with Crippen molar-refractivity contribution >= 4 is 11.9 Å². The van der Waals surface area contributed by atoms with Crippen molar-refractivity contribution in [2.24, 2.45) is 11.8 Å². The van der Waals surface area contributed by atoms with Crippen molar-refractivity contribution in [3.8, 4) is 0 Å². The van der Waals surface area contributed by atoms with Crippen LogP contribution in [-0.2, 0) is 14.3 Å². The van der Waals surface area contributed by atoms with Gasteiger partial charge in [-0.25, -0.2) is 0 Å². The van der Waals surface area contributed by atoms with Gasteiger partial charge in [0.1, 0.15) is 0 Å². The van der Waals surface area contributed by atoms with E-state index in [1.807, 2.05) is 13.8 Å². The lowest BCUT2D eigenvalue weighted by Crippen LogP contribution is -2.46. The molecule has 17 heavy (non-hydrogen) atoms. The maximum Gasteiger partial charge on any atom is 0.310 e. The van der Waals surface area contributed by atoms with E-state index < -0.39 is 17.8 Å². The molecule has 2 aliphatic rings. The molecule has 2 saturated heterocycles. The summed E-state index contributed by atoms with van der Waals surface area (Å²) in [6.07, 6.45) is 1.92. The second kappa shape index (κ2) is 4.64. The van der Waals surface area contributed by atoms with E-state index in [4.69, 9.17) is 4.74 Å². The number of ether oxygens (including phenoxy) is 1. The summed E-state index contributed by atoms with van der Waals surface area (Å²) >= 11 is 0. The first-order valence-electron chi connectivity index (χ1n) is 6.23. The average molecular weight is 241 g/mol. The molecule has 2 N–H and O–H groups in total. The van der Waals surface area contributed by atoms with Crippen LogP contribution in [0.15, 0.2) is 0 Å². The molecular formula is C12H19NO4. The first-order chi connectivity index (χ1) is 8.04. The van der Waals surface area contributed by atoms with Gasteiger partial charge in [-0.15, -0.1) is 0 Å². The van der Waals surface area contributed by atoms with Gasteiger partial charge < -0.3 is 15.2 Å². The van der Waals surface area contributed by atoms with Crippen molar-refractivity contribution in [1.29, 1.82) is 0 Å². The highest BCUT2D eigenvalue weighted by Crippen LogP contribution is 2.43. The largest absolute Gasteiger partial charge is 0.481 e. The van der Waals surface area contributed by atoms with Crippen LogP contribution in [0.2, 0.25) is 0 Å². The SMILES string of the molecule is CC[C@H](C)NC(=O)[C@@H]1[C@@H](C(=O)O)[C@@H]2CC[C@@H]1O2. The summed E-state index contributed by atoms with van der Waals surface area (Å²) in [6, 6.07) is 0.0797. The average Bonchev–Trinajstić information content (AvgIpc) is 2.87. The van der Waals surface area contributed by atoms with Gasteiger partial charge in [0.15, 0.2) is 0 Å². The summed E-state index contributed by atoms with van der Waals surface area (Å²) in [5, 5.41) is 12.0. The highest BCUT2D eigenvalue weighted by atomic mass is 16.5. The highest BCUT2D eigenvalue weighted by Gasteiger charge is 2.55. The van der Waals surface area contributed by atoms with Crippen LogP contribution in [0.1, 0.15) is 33.1 Å². The van der Waals surface area contributed by atoms with Crippen LogP contribution in [0, 0.1) is 11.8 Å². The Balaban J connectivity index is 2.08. The number of hydrogen-bond acceptors (Lipinski definition) is 3. The van der Waals surface area contributed by atoms with Crippen LogP contribution in [0.25, 0.3) is 0 Å². The molecule has 96 valence electrons. The number of rotatable bonds is 4. The second-order valence-corrected chi connectivity index (χ2v) is 5.00. The number of fused-ring (bicyclic) bond motifs is 2. The number of nitrogens with one attached hydrogen (secondary N) is 1. The summed E-state index contributed by atoms with van der Waals surface area (Å²) in [6.45, 7) is 3.90. The number of aliphatic carboxylic acids is 1. The summed E-state index contributed by atoms with van der Waals surface area (Å²) in [7, 11) is 0. The minimum atomic E-state index is -0.915. The van der Waals surface area contributed by atoms with Gasteiger partial charge in [-0.1, -0.05) is 6.92 Å². The minimum Gasteiger partial charge on any atom is -0.481 e. The first-order valence-corrected chi connectivity index (χ1v) is 6.23. The number of carbonyl (C=O) groups excluding carboxylic acids is 1. The lowest BCUT2D eigenvalue weighted by molar-refractivity contribution is -0.148. The predicted octanol–water partition coefficient (Wildman–Crippen LogP) is 0.779. The Labute approximate surface area is 101 Å². The smallest absolute Gasteiger partial charge is 0.310 e. The fraction of sp³-hybridized carbons (Fsp3) is 0.833. The molecule has 0 spiro atoms. The zero-order valence-electron chi connectivity index (χ0n) is 10.2. The maximum absolute atomic E-state index is 12.1. The topological polar surface area (TPSA) is 75.6 Å². The number of hydrogen-bond donors (Lipinski definition) is 2. The van der Waals surface area contributed by atoms with Crippen LogP contribution in [-0.4, -0.2) is 35.2 Å². The molecule has 2 fully saturated rings. The molecule has 0 saturated carbocycles. The van der Waals surface area contributed by atoms with E-state index in [0.717, 1.165) is 19.3 Å². The lowest BCUT2D eigenvalue weighted by atomic mass is 9.78. The number of carboxylic acids is 1. The second-order valence-electron chi connectivity index (χ2n) is 5.00. The van der Waals surface area contributed by atoms with Crippen molar-refractivity contribution in [3.63, 3.8) is 0 Å². The molecule has 5 nitrogen and oxygen atoms in total. The van der Waals surface area contributed by atoms with Crippen molar-refractivity contribution in [2.45, 2.75) is 51.4 Å². The van der Waals surface area contributed by atoms with E-state index in [1.165, 1.54) is 0 Å². The predicted molar refractivity (Wildman–Crippen MR) is 60.4 cm³/mol. The third kappa shape index (κ3) is 2.16. The van der Waals surface area contributed by atoms with Crippen LogP contribution >= 0.6 is 0 Å².